The quantitative estimate of drug-likeness (QED) is 0.391. The average Bonchev–Trinajstić information content (AvgIpc) is 3.34. The van der Waals surface area contributed by atoms with E-state index in [1.54, 1.807) is 11.3 Å². The third-order valence-electron chi connectivity index (χ3n) is 6.39. The van der Waals surface area contributed by atoms with Gasteiger partial charge in [-0.3, -0.25) is 18.8 Å². The van der Waals surface area contributed by atoms with Gasteiger partial charge >= 0.3 is 0 Å². The lowest BCUT2D eigenvalue weighted by Gasteiger charge is -2.39. The fourth-order valence-electron chi connectivity index (χ4n) is 4.21. The zero-order valence-electron chi connectivity index (χ0n) is 18.2. The number of H-pyrrole nitrogens is 1. The van der Waals surface area contributed by atoms with Crippen molar-refractivity contribution in [2.45, 2.75) is 45.2 Å². The number of fused-ring (bicyclic) bond motifs is 1. The Hall–Kier alpha value is -1.84. The first-order chi connectivity index (χ1) is 14.6. The van der Waals surface area contributed by atoms with Crippen LogP contribution in [0.2, 0.25) is 0 Å². The van der Waals surface area contributed by atoms with Crippen LogP contribution in [0.25, 0.3) is 22.0 Å². The lowest BCUT2D eigenvalue weighted by molar-refractivity contribution is 0.100. The lowest BCUT2D eigenvalue weighted by atomic mass is 9.91. The van der Waals surface area contributed by atoms with E-state index in [0.717, 1.165) is 47.0 Å². The first-order valence-electron chi connectivity index (χ1n) is 10.6. The van der Waals surface area contributed by atoms with Gasteiger partial charge in [-0.05, 0) is 79.9 Å². The zero-order chi connectivity index (χ0) is 22.3. The summed E-state index contributed by atoms with van der Waals surface area (Å²) in [5, 5.41) is 3.14. The van der Waals surface area contributed by atoms with Gasteiger partial charge in [0, 0.05) is 40.6 Å². The Morgan fingerprint density at radius 1 is 1.26 bits per heavy atom. The van der Waals surface area contributed by atoms with Gasteiger partial charge in [-0.15, -0.1) is 11.3 Å². The average molecular weight is 462 g/mol. The zero-order valence-corrected chi connectivity index (χ0v) is 19.9. The second-order valence-electron chi connectivity index (χ2n) is 8.85. The number of aromatic nitrogens is 1. The van der Waals surface area contributed by atoms with E-state index < -0.39 is 16.5 Å². The lowest BCUT2D eigenvalue weighted by Crippen LogP contribution is -2.25. The number of nitrogens with one attached hydrogen (secondary N) is 1. The first kappa shape index (κ1) is 22.4. The van der Waals surface area contributed by atoms with Crippen LogP contribution in [0.3, 0.4) is 0 Å². The molecule has 168 valence electrons. The first-order valence-corrected chi connectivity index (χ1v) is 13.4. The van der Waals surface area contributed by atoms with Crippen molar-refractivity contribution >= 4 is 38.7 Å². The van der Waals surface area contributed by atoms with Gasteiger partial charge in [-0.1, -0.05) is 0 Å². The SMILES string of the molecule is CC(C)N(C)Cc1cc(-c2cc(C(N)=O)c3[nH]cc(C4CCS(O)(O)CC4)c3c2)cs1. The predicted octanol–water partition coefficient (Wildman–Crippen LogP) is 5.46. The van der Waals surface area contributed by atoms with E-state index in [0.29, 0.717) is 23.1 Å². The molecule has 4 rings (SSSR count). The number of rotatable bonds is 6. The summed E-state index contributed by atoms with van der Waals surface area (Å²) in [6.45, 7) is 5.25. The van der Waals surface area contributed by atoms with E-state index in [2.05, 4.69) is 48.3 Å². The molecule has 0 spiro atoms. The highest BCUT2D eigenvalue weighted by Crippen LogP contribution is 2.49. The minimum absolute atomic E-state index is 0.238. The van der Waals surface area contributed by atoms with E-state index in [1.807, 2.05) is 12.3 Å². The monoisotopic (exact) mass is 461 g/mol. The molecule has 1 saturated heterocycles. The van der Waals surface area contributed by atoms with Crippen LogP contribution in [0.1, 0.15) is 53.4 Å². The summed E-state index contributed by atoms with van der Waals surface area (Å²) >= 11 is 1.73. The number of hydrogen-bond acceptors (Lipinski definition) is 5. The second-order valence-corrected chi connectivity index (χ2v) is 12.3. The fourth-order valence-corrected chi connectivity index (χ4v) is 6.70. The Kier molecular flexibility index (Phi) is 6.20. The molecule has 0 unspecified atom stereocenters. The highest BCUT2D eigenvalue weighted by Gasteiger charge is 2.27. The molecular formula is C23H31N3O3S2. The molecule has 0 aliphatic carbocycles. The second kappa shape index (κ2) is 8.60. The molecule has 31 heavy (non-hydrogen) atoms. The predicted molar refractivity (Wildman–Crippen MR) is 131 cm³/mol. The van der Waals surface area contributed by atoms with Crippen LogP contribution in [0, 0.1) is 0 Å². The van der Waals surface area contributed by atoms with Crippen LogP contribution in [0.4, 0.5) is 0 Å². The summed E-state index contributed by atoms with van der Waals surface area (Å²) in [6, 6.07) is 6.68. The molecule has 3 heterocycles. The van der Waals surface area contributed by atoms with Gasteiger partial charge in [-0.25, -0.2) is 0 Å². The molecule has 3 aromatic rings. The van der Waals surface area contributed by atoms with E-state index in [1.165, 1.54) is 4.88 Å². The number of carbonyl (C=O) groups is 1. The summed E-state index contributed by atoms with van der Waals surface area (Å²) in [5.41, 5.74) is 10.2. The molecule has 2 aromatic heterocycles. The number of aromatic amines is 1. The maximum atomic E-state index is 12.2. The number of nitrogens with zero attached hydrogens (tertiary/aromatic N) is 1. The van der Waals surface area contributed by atoms with Crippen LogP contribution in [-0.4, -0.2) is 49.5 Å². The Balaban J connectivity index is 1.72. The van der Waals surface area contributed by atoms with Crippen molar-refractivity contribution in [3.8, 4) is 11.1 Å². The Morgan fingerprint density at radius 2 is 1.97 bits per heavy atom. The molecule has 1 fully saturated rings. The largest absolute Gasteiger partial charge is 0.366 e. The number of nitrogens with two attached hydrogens (primary N) is 1. The molecule has 0 saturated carbocycles. The molecule has 6 nitrogen and oxygen atoms in total. The number of primary amides is 1. The van der Waals surface area contributed by atoms with Gasteiger partial charge in [0.15, 0.2) is 0 Å². The number of thiophene rings is 1. The van der Waals surface area contributed by atoms with Crippen molar-refractivity contribution in [2.24, 2.45) is 5.73 Å². The summed E-state index contributed by atoms with van der Waals surface area (Å²) in [7, 11) is -0.315. The van der Waals surface area contributed by atoms with E-state index >= 15 is 0 Å². The minimum atomic E-state index is -2.43. The minimum Gasteiger partial charge on any atom is -0.366 e. The Morgan fingerprint density at radius 3 is 2.61 bits per heavy atom. The van der Waals surface area contributed by atoms with Crippen LogP contribution in [0.15, 0.2) is 29.8 Å². The molecule has 1 aliphatic rings. The molecule has 5 N–H and O–H groups in total. The van der Waals surface area contributed by atoms with Gasteiger partial charge in [0.1, 0.15) is 0 Å². The molecule has 1 amide bonds. The third kappa shape index (κ3) is 4.68. The van der Waals surface area contributed by atoms with Crippen molar-refractivity contribution in [3.63, 3.8) is 0 Å². The number of amides is 1. The van der Waals surface area contributed by atoms with Gasteiger partial charge in [-0.2, -0.15) is 10.6 Å². The molecule has 1 aromatic carbocycles. The van der Waals surface area contributed by atoms with Gasteiger partial charge < -0.3 is 10.7 Å². The number of carbonyl (C=O) groups excluding carboxylic acids is 1. The van der Waals surface area contributed by atoms with Crippen molar-refractivity contribution < 1.29 is 13.9 Å². The normalized spacial score (nSPS) is 18.2. The highest BCUT2D eigenvalue weighted by atomic mass is 32.3. The van der Waals surface area contributed by atoms with E-state index in [9.17, 15) is 13.9 Å². The van der Waals surface area contributed by atoms with Crippen molar-refractivity contribution in [1.82, 2.24) is 9.88 Å². The number of benzene rings is 1. The summed E-state index contributed by atoms with van der Waals surface area (Å²) in [5.74, 6) is 0.656. The Labute approximate surface area is 188 Å². The van der Waals surface area contributed by atoms with Crippen LogP contribution < -0.4 is 5.73 Å². The van der Waals surface area contributed by atoms with E-state index in [-0.39, 0.29) is 5.92 Å². The smallest absolute Gasteiger partial charge is 0.250 e. The maximum absolute atomic E-state index is 12.2. The molecule has 0 atom stereocenters. The van der Waals surface area contributed by atoms with Gasteiger partial charge in [0.2, 0.25) is 0 Å². The Bertz CT molecular complexity index is 1090. The molecule has 0 bridgehead atoms. The highest BCUT2D eigenvalue weighted by molar-refractivity contribution is 8.24. The van der Waals surface area contributed by atoms with Crippen molar-refractivity contribution in [2.75, 3.05) is 18.6 Å². The van der Waals surface area contributed by atoms with Crippen LogP contribution in [-0.2, 0) is 6.54 Å². The summed E-state index contributed by atoms with van der Waals surface area (Å²) in [4.78, 5) is 19.1. The van der Waals surface area contributed by atoms with Crippen LogP contribution in [0.5, 0.6) is 0 Å². The fraction of sp³-hybridized carbons (Fsp3) is 0.435. The van der Waals surface area contributed by atoms with E-state index in [4.69, 9.17) is 5.73 Å². The molecular weight excluding hydrogens is 430 g/mol. The molecule has 0 radical (unpaired) electrons. The van der Waals surface area contributed by atoms with Crippen LogP contribution >= 0.6 is 21.9 Å². The summed E-state index contributed by atoms with van der Waals surface area (Å²) < 4.78 is 20.0. The van der Waals surface area contributed by atoms with Crippen molar-refractivity contribution in [1.29, 1.82) is 0 Å². The topological polar surface area (TPSA) is 103 Å². The number of hydrogen-bond donors (Lipinski definition) is 4. The van der Waals surface area contributed by atoms with Gasteiger partial charge in [0.25, 0.3) is 5.91 Å². The maximum Gasteiger partial charge on any atom is 0.250 e. The molecule has 1 aliphatic heterocycles. The third-order valence-corrected chi connectivity index (χ3v) is 9.09. The van der Waals surface area contributed by atoms with Gasteiger partial charge in [0.05, 0.1) is 11.1 Å². The van der Waals surface area contributed by atoms with Crippen molar-refractivity contribution in [3.05, 3.63) is 45.8 Å². The molecule has 8 heteroatoms. The standard InChI is InChI=1S/C23H31N3O3S2/c1-14(2)26(3)12-18-8-17(13-30-18)16-9-19-21(15-4-6-31(28,29)7-5-15)11-25-22(19)20(10-16)23(24)27/h8-11,13-15,25,28-29H,4-7,12H2,1-3H3,(H2,24,27). The summed E-state index contributed by atoms with van der Waals surface area (Å²) in [6.07, 6.45) is 3.42.